The van der Waals surface area contributed by atoms with Crippen LogP contribution < -0.4 is 10.6 Å². The average molecular weight is 236 g/mol. The van der Waals surface area contributed by atoms with Crippen molar-refractivity contribution in [2.45, 2.75) is 20.8 Å². The Morgan fingerprint density at radius 3 is 2.71 bits per heavy atom. The van der Waals surface area contributed by atoms with Crippen molar-refractivity contribution in [3.8, 4) is 0 Å². The van der Waals surface area contributed by atoms with Crippen LogP contribution in [0.1, 0.15) is 20.8 Å². The molecule has 1 aromatic rings. The third-order valence-electron chi connectivity index (χ3n) is 2.57. The summed E-state index contributed by atoms with van der Waals surface area (Å²) in [6, 6.07) is 7.99. The van der Waals surface area contributed by atoms with Gasteiger partial charge in [0.1, 0.15) is 0 Å². The molecule has 0 aliphatic carbocycles. The maximum atomic E-state index is 5.79. The Labute approximate surface area is 105 Å². The van der Waals surface area contributed by atoms with E-state index in [4.69, 9.17) is 10.5 Å². The quantitative estimate of drug-likeness (QED) is 0.584. The number of hydrogen-bond donors (Lipinski definition) is 1. The van der Waals surface area contributed by atoms with Crippen LogP contribution in [-0.4, -0.2) is 26.3 Å². The van der Waals surface area contributed by atoms with E-state index in [1.807, 2.05) is 18.2 Å². The molecule has 17 heavy (non-hydrogen) atoms. The molecule has 0 saturated heterocycles. The number of nitrogen functional groups attached to an aromatic ring is 1. The Morgan fingerprint density at radius 2 is 2.12 bits per heavy atom. The third kappa shape index (κ3) is 5.09. The van der Waals surface area contributed by atoms with Gasteiger partial charge in [-0.2, -0.15) is 0 Å². The second kappa shape index (κ2) is 7.17. The normalized spacial score (nSPS) is 10.8. The molecule has 0 radical (unpaired) electrons. The number of hydrogen-bond acceptors (Lipinski definition) is 3. The van der Waals surface area contributed by atoms with Gasteiger partial charge in [-0.25, -0.2) is 0 Å². The molecule has 0 amide bonds. The molecule has 0 fully saturated rings. The van der Waals surface area contributed by atoms with Gasteiger partial charge in [0.05, 0.1) is 6.61 Å². The fourth-order valence-corrected chi connectivity index (χ4v) is 1.69. The van der Waals surface area contributed by atoms with E-state index < -0.39 is 0 Å². The smallest absolute Gasteiger partial charge is 0.0641 e. The Kier molecular flexibility index (Phi) is 5.84. The summed E-state index contributed by atoms with van der Waals surface area (Å²) in [4.78, 5) is 2.27. The Balaban J connectivity index is 2.43. The molecule has 0 atom stereocenters. The molecule has 3 nitrogen and oxygen atoms in total. The standard InChI is InChI=1S/C14H24N2O/c1-4-16(8-9-17-11-12(2)3)14-7-5-6-13(15)10-14/h5-7,10,12H,4,8-9,11,15H2,1-3H3. The van der Waals surface area contributed by atoms with Crippen LogP contribution in [0.3, 0.4) is 0 Å². The second-order valence-corrected chi connectivity index (χ2v) is 4.64. The van der Waals surface area contributed by atoms with Crippen LogP contribution in [0.2, 0.25) is 0 Å². The summed E-state index contributed by atoms with van der Waals surface area (Å²) in [5.74, 6) is 0.595. The van der Waals surface area contributed by atoms with Gasteiger partial charge in [0, 0.05) is 31.1 Å². The summed E-state index contributed by atoms with van der Waals surface area (Å²) in [5, 5.41) is 0. The van der Waals surface area contributed by atoms with E-state index in [9.17, 15) is 0 Å². The van der Waals surface area contributed by atoms with Crippen LogP contribution in [-0.2, 0) is 4.74 Å². The van der Waals surface area contributed by atoms with Gasteiger partial charge in [-0.15, -0.1) is 0 Å². The maximum absolute atomic E-state index is 5.79. The van der Waals surface area contributed by atoms with E-state index in [1.54, 1.807) is 0 Å². The van der Waals surface area contributed by atoms with Crippen molar-refractivity contribution in [3.63, 3.8) is 0 Å². The van der Waals surface area contributed by atoms with Gasteiger partial charge in [0.15, 0.2) is 0 Å². The van der Waals surface area contributed by atoms with Crippen LogP contribution in [0, 0.1) is 5.92 Å². The molecule has 0 heterocycles. The van der Waals surface area contributed by atoms with Gasteiger partial charge in [0.2, 0.25) is 0 Å². The van der Waals surface area contributed by atoms with Crippen LogP contribution >= 0.6 is 0 Å². The van der Waals surface area contributed by atoms with Crippen LogP contribution in [0.5, 0.6) is 0 Å². The Bertz CT molecular complexity index is 326. The van der Waals surface area contributed by atoms with E-state index >= 15 is 0 Å². The highest BCUT2D eigenvalue weighted by molar-refractivity contribution is 5.55. The molecular formula is C14H24N2O. The number of nitrogens with zero attached hydrogens (tertiary/aromatic N) is 1. The first-order valence-corrected chi connectivity index (χ1v) is 6.31. The molecule has 0 saturated carbocycles. The second-order valence-electron chi connectivity index (χ2n) is 4.64. The van der Waals surface area contributed by atoms with Crippen molar-refractivity contribution < 1.29 is 4.74 Å². The number of benzene rings is 1. The molecule has 0 aromatic heterocycles. The van der Waals surface area contributed by atoms with Gasteiger partial charge >= 0.3 is 0 Å². The number of rotatable bonds is 7. The number of likely N-dealkylation sites (N-methyl/N-ethyl adjacent to an activating group) is 1. The SMILES string of the molecule is CCN(CCOCC(C)C)c1cccc(N)c1. The molecule has 1 rings (SSSR count). The fourth-order valence-electron chi connectivity index (χ4n) is 1.69. The minimum Gasteiger partial charge on any atom is -0.399 e. The van der Waals surface area contributed by atoms with Gasteiger partial charge < -0.3 is 15.4 Å². The zero-order chi connectivity index (χ0) is 12.7. The molecule has 96 valence electrons. The van der Waals surface area contributed by atoms with Crippen LogP contribution in [0.15, 0.2) is 24.3 Å². The van der Waals surface area contributed by atoms with Crippen molar-refractivity contribution in [3.05, 3.63) is 24.3 Å². The minimum atomic E-state index is 0.595. The number of anilines is 2. The van der Waals surface area contributed by atoms with Crippen molar-refractivity contribution in [2.24, 2.45) is 5.92 Å². The lowest BCUT2D eigenvalue weighted by atomic mass is 10.2. The molecule has 0 bridgehead atoms. The highest BCUT2D eigenvalue weighted by atomic mass is 16.5. The van der Waals surface area contributed by atoms with Crippen LogP contribution in [0.4, 0.5) is 11.4 Å². The molecule has 0 aliphatic rings. The average Bonchev–Trinajstić information content (AvgIpc) is 2.29. The molecule has 3 heteroatoms. The van der Waals surface area contributed by atoms with E-state index in [0.29, 0.717) is 5.92 Å². The first-order valence-electron chi connectivity index (χ1n) is 6.31. The van der Waals surface area contributed by atoms with Crippen molar-refractivity contribution >= 4 is 11.4 Å². The first-order chi connectivity index (χ1) is 8.13. The molecule has 1 aromatic carbocycles. The zero-order valence-corrected chi connectivity index (χ0v) is 11.1. The predicted molar refractivity (Wildman–Crippen MR) is 74.4 cm³/mol. The number of nitrogens with two attached hydrogens (primary N) is 1. The molecule has 0 spiro atoms. The summed E-state index contributed by atoms with van der Waals surface area (Å²) in [6.45, 7) is 9.94. The highest BCUT2D eigenvalue weighted by Crippen LogP contribution is 2.16. The predicted octanol–water partition coefficient (Wildman–Crippen LogP) is 2.77. The third-order valence-corrected chi connectivity index (χ3v) is 2.57. The van der Waals surface area contributed by atoms with Gasteiger partial charge in [-0.05, 0) is 31.0 Å². The lowest BCUT2D eigenvalue weighted by Crippen LogP contribution is -2.27. The van der Waals surface area contributed by atoms with Gasteiger partial charge in [-0.3, -0.25) is 0 Å². The van der Waals surface area contributed by atoms with Crippen molar-refractivity contribution in [1.29, 1.82) is 0 Å². The molecular weight excluding hydrogens is 212 g/mol. The largest absolute Gasteiger partial charge is 0.399 e. The molecule has 2 N–H and O–H groups in total. The van der Waals surface area contributed by atoms with Gasteiger partial charge in [-0.1, -0.05) is 19.9 Å². The highest BCUT2D eigenvalue weighted by Gasteiger charge is 2.04. The summed E-state index contributed by atoms with van der Waals surface area (Å²) in [7, 11) is 0. The van der Waals surface area contributed by atoms with E-state index in [-0.39, 0.29) is 0 Å². The van der Waals surface area contributed by atoms with Crippen molar-refractivity contribution in [1.82, 2.24) is 0 Å². The topological polar surface area (TPSA) is 38.5 Å². The summed E-state index contributed by atoms with van der Waals surface area (Å²) < 4.78 is 5.61. The van der Waals surface area contributed by atoms with E-state index in [2.05, 4.69) is 31.7 Å². The fraction of sp³-hybridized carbons (Fsp3) is 0.571. The first kappa shape index (κ1) is 13.8. The van der Waals surface area contributed by atoms with E-state index in [0.717, 1.165) is 32.0 Å². The van der Waals surface area contributed by atoms with Crippen molar-refractivity contribution in [2.75, 3.05) is 36.9 Å². The Morgan fingerprint density at radius 1 is 1.35 bits per heavy atom. The Hall–Kier alpha value is -1.22. The zero-order valence-electron chi connectivity index (χ0n) is 11.1. The monoisotopic (exact) mass is 236 g/mol. The van der Waals surface area contributed by atoms with E-state index in [1.165, 1.54) is 5.69 Å². The number of ether oxygens (including phenoxy) is 1. The lowest BCUT2D eigenvalue weighted by Gasteiger charge is -2.23. The molecule has 0 aliphatic heterocycles. The summed E-state index contributed by atoms with van der Waals surface area (Å²) in [6.07, 6.45) is 0. The van der Waals surface area contributed by atoms with Crippen LogP contribution in [0.25, 0.3) is 0 Å². The minimum absolute atomic E-state index is 0.595. The maximum Gasteiger partial charge on any atom is 0.0641 e. The summed E-state index contributed by atoms with van der Waals surface area (Å²) in [5.41, 5.74) is 7.76. The van der Waals surface area contributed by atoms with Gasteiger partial charge in [0.25, 0.3) is 0 Å². The lowest BCUT2D eigenvalue weighted by molar-refractivity contribution is 0.115. The summed E-state index contributed by atoms with van der Waals surface area (Å²) >= 11 is 0. The molecule has 0 unspecified atom stereocenters.